The van der Waals surface area contributed by atoms with E-state index < -0.39 is 17.5 Å². The first-order valence-electron chi connectivity index (χ1n) is 8.07. The molecule has 1 aromatic heterocycles. The van der Waals surface area contributed by atoms with Crippen molar-refractivity contribution < 1.29 is 18.7 Å². The zero-order chi connectivity index (χ0) is 19.2. The SMILES string of the molecule is Cc1cn(CC2=C(Cl)CC(C)C=C2Cl)c2cc(C(F)(F)C(=O)O)ccc12. The average Bonchev–Trinajstić information content (AvgIpc) is 2.86. The van der Waals surface area contributed by atoms with Gasteiger partial charge in [-0.3, -0.25) is 0 Å². The van der Waals surface area contributed by atoms with E-state index in [-0.39, 0.29) is 5.92 Å². The Hall–Kier alpha value is -1.85. The van der Waals surface area contributed by atoms with E-state index in [0.29, 0.717) is 28.5 Å². The van der Waals surface area contributed by atoms with Crippen molar-refractivity contribution in [1.29, 1.82) is 0 Å². The van der Waals surface area contributed by atoms with Gasteiger partial charge in [0.1, 0.15) is 0 Å². The molecule has 0 saturated carbocycles. The monoisotopic (exact) mass is 399 g/mol. The van der Waals surface area contributed by atoms with Crippen molar-refractivity contribution in [2.24, 2.45) is 5.92 Å². The van der Waals surface area contributed by atoms with Gasteiger partial charge in [-0.05, 0) is 30.9 Å². The fourth-order valence-electron chi connectivity index (χ4n) is 3.20. The van der Waals surface area contributed by atoms with Crippen LogP contribution >= 0.6 is 23.2 Å². The number of aliphatic carboxylic acids is 1. The van der Waals surface area contributed by atoms with Crippen LogP contribution in [0.3, 0.4) is 0 Å². The molecule has 26 heavy (non-hydrogen) atoms. The molecule has 0 amide bonds. The molecule has 0 radical (unpaired) electrons. The van der Waals surface area contributed by atoms with E-state index >= 15 is 0 Å². The van der Waals surface area contributed by atoms with Gasteiger partial charge in [-0.25, -0.2) is 4.79 Å². The minimum Gasteiger partial charge on any atom is -0.477 e. The third-order valence-corrected chi connectivity index (χ3v) is 5.33. The lowest BCUT2D eigenvalue weighted by Gasteiger charge is -2.20. The summed E-state index contributed by atoms with van der Waals surface area (Å²) in [6.07, 6.45) is 4.42. The van der Waals surface area contributed by atoms with E-state index in [4.69, 9.17) is 28.3 Å². The normalized spacial score (nSPS) is 18.4. The lowest BCUT2D eigenvalue weighted by molar-refractivity contribution is -0.166. The van der Waals surface area contributed by atoms with Gasteiger partial charge in [0, 0.05) is 38.3 Å². The second kappa shape index (κ2) is 6.71. The van der Waals surface area contributed by atoms with Crippen LogP contribution < -0.4 is 0 Å². The lowest BCUT2D eigenvalue weighted by atomic mass is 9.98. The minimum atomic E-state index is -3.95. The Morgan fingerprint density at radius 2 is 2.08 bits per heavy atom. The Bertz CT molecular complexity index is 960. The maximum absolute atomic E-state index is 13.9. The van der Waals surface area contributed by atoms with Gasteiger partial charge in [0.15, 0.2) is 0 Å². The van der Waals surface area contributed by atoms with E-state index in [1.165, 1.54) is 12.1 Å². The number of fused-ring (bicyclic) bond motifs is 1. The van der Waals surface area contributed by atoms with Crippen LogP contribution in [0.2, 0.25) is 0 Å². The molecule has 138 valence electrons. The average molecular weight is 400 g/mol. The van der Waals surface area contributed by atoms with Gasteiger partial charge < -0.3 is 9.67 Å². The lowest BCUT2D eigenvalue weighted by Crippen LogP contribution is -2.25. The largest absolute Gasteiger partial charge is 0.477 e. The quantitative estimate of drug-likeness (QED) is 0.707. The number of hydrogen-bond donors (Lipinski definition) is 1. The van der Waals surface area contributed by atoms with Gasteiger partial charge in [0.05, 0.1) is 6.54 Å². The predicted molar refractivity (Wildman–Crippen MR) is 98.8 cm³/mol. The van der Waals surface area contributed by atoms with Crippen LogP contribution in [-0.4, -0.2) is 15.6 Å². The molecular weight excluding hydrogens is 383 g/mol. The highest BCUT2D eigenvalue weighted by atomic mass is 35.5. The molecule has 0 saturated heterocycles. The maximum atomic E-state index is 13.9. The van der Waals surface area contributed by atoms with Gasteiger partial charge in [-0.15, -0.1) is 0 Å². The molecule has 1 N–H and O–H groups in total. The molecular formula is C19H17Cl2F2NO2. The number of allylic oxidation sites excluding steroid dienone is 4. The summed E-state index contributed by atoms with van der Waals surface area (Å²) >= 11 is 12.7. The van der Waals surface area contributed by atoms with Crippen molar-refractivity contribution >= 4 is 40.1 Å². The molecule has 1 unspecified atom stereocenters. The Kier molecular flexibility index (Phi) is 4.88. The Balaban J connectivity index is 2.08. The molecule has 1 aliphatic carbocycles. The Morgan fingerprint density at radius 1 is 1.38 bits per heavy atom. The first-order chi connectivity index (χ1) is 12.1. The number of aromatic nitrogens is 1. The van der Waals surface area contributed by atoms with E-state index in [2.05, 4.69) is 0 Å². The molecule has 3 nitrogen and oxygen atoms in total. The fraction of sp³-hybridized carbons (Fsp3) is 0.316. The number of nitrogens with zero attached hydrogens (tertiary/aromatic N) is 1. The minimum absolute atomic E-state index is 0.239. The van der Waals surface area contributed by atoms with Gasteiger partial charge in [-0.1, -0.05) is 48.3 Å². The van der Waals surface area contributed by atoms with Crippen molar-refractivity contribution in [3.05, 3.63) is 57.2 Å². The topological polar surface area (TPSA) is 42.2 Å². The molecule has 1 heterocycles. The molecule has 3 rings (SSSR count). The van der Waals surface area contributed by atoms with Gasteiger partial charge >= 0.3 is 11.9 Å². The molecule has 2 aromatic rings. The number of rotatable bonds is 4. The molecule has 1 aromatic carbocycles. The highest BCUT2D eigenvalue weighted by molar-refractivity contribution is 6.36. The van der Waals surface area contributed by atoms with Gasteiger partial charge in [-0.2, -0.15) is 8.78 Å². The van der Waals surface area contributed by atoms with E-state index in [0.717, 1.165) is 22.6 Å². The summed E-state index contributed by atoms with van der Waals surface area (Å²) in [5.41, 5.74) is 1.60. The number of benzene rings is 1. The zero-order valence-corrected chi connectivity index (χ0v) is 15.7. The summed E-state index contributed by atoms with van der Waals surface area (Å²) in [7, 11) is 0. The summed E-state index contributed by atoms with van der Waals surface area (Å²) < 4.78 is 29.6. The first-order valence-corrected chi connectivity index (χ1v) is 8.83. The molecule has 1 atom stereocenters. The summed E-state index contributed by atoms with van der Waals surface area (Å²) in [4.78, 5) is 10.9. The van der Waals surface area contributed by atoms with Crippen LogP contribution in [0.1, 0.15) is 24.5 Å². The number of alkyl halides is 2. The maximum Gasteiger partial charge on any atom is 0.379 e. The predicted octanol–water partition coefficient (Wildman–Crippen LogP) is 5.78. The highest BCUT2D eigenvalue weighted by Gasteiger charge is 2.41. The molecule has 0 aliphatic heterocycles. The van der Waals surface area contributed by atoms with Crippen molar-refractivity contribution in [2.75, 3.05) is 0 Å². The molecule has 0 spiro atoms. The number of aryl methyl sites for hydroxylation is 1. The van der Waals surface area contributed by atoms with Crippen LogP contribution in [-0.2, 0) is 17.3 Å². The van der Waals surface area contributed by atoms with E-state index in [1.54, 1.807) is 4.57 Å². The fourth-order valence-corrected chi connectivity index (χ4v) is 4.04. The number of halogens is 4. The summed E-state index contributed by atoms with van der Waals surface area (Å²) in [6, 6.07) is 3.88. The number of carboxylic acids is 1. The van der Waals surface area contributed by atoms with E-state index in [1.807, 2.05) is 26.1 Å². The van der Waals surface area contributed by atoms with E-state index in [9.17, 15) is 13.6 Å². The van der Waals surface area contributed by atoms with Crippen molar-refractivity contribution in [1.82, 2.24) is 4.57 Å². The van der Waals surface area contributed by atoms with Crippen LogP contribution in [0.4, 0.5) is 8.78 Å². The highest BCUT2D eigenvalue weighted by Crippen LogP contribution is 2.36. The van der Waals surface area contributed by atoms with Crippen molar-refractivity contribution in [3.8, 4) is 0 Å². The second-order valence-electron chi connectivity index (χ2n) is 6.63. The number of carbonyl (C=O) groups is 1. The second-order valence-corrected chi connectivity index (χ2v) is 7.49. The molecule has 0 fully saturated rings. The van der Waals surface area contributed by atoms with Crippen LogP contribution in [0, 0.1) is 12.8 Å². The third kappa shape index (κ3) is 3.26. The Labute approximate surface area is 159 Å². The smallest absolute Gasteiger partial charge is 0.379 e. The summed E-state index contributed by atoms with van der Waals surface area (Å²) in [5, 5.41) is 10.8. The summed E-state index contributed by atoms with van der Waals surface area (Å²) in [6.45, 7) is 4.20. The van der Waals surface area contributed by atoms with Crippen molar-refractivity contribution in [2.45, 2.75) is 32.7 Å². The molecule has 1 aliphatic rings. The van der Waals surface area contributed by atoms with Gasteiger partial charge in [0.2, 0.25) is 0 Å². The third-order valence-electron chi connectivity index (χ3n) is 4.59. The van der Waals surface area contributed by atoms with Crippen LogP contribution in [0.15, 0.2) is 46.1 Å². The number of carboxylic acid groups (broad SMARTS) is 1. The first kappa shape index (κ1) is 18.9. The standard InChI is InChI=1S/C19H17Cl2F2NO2/c1-10-5-15(20)14(16(21)6-10)9-24-8-11(2)13-4-3-12(7-17(13)24)19(22,23)18(25)26/h3-5,7-8,10H,6,9H2,1-2H3,(H,25,26). The molecule has 0 bridgehead atoms. The Morgan fingerprint density at radius 3 is 2.69 bits per heavy atom. The van der Waals surface area contributed by atoms with Crippen molar-refractivity contribution in [3.63, 3.8) is 0 Å². The molecule has 7 heteroatoms. The van der Waals surface area contributed by atoms with Crippen LogP contribution in [0.25, 0.3) is 10.9 Å². The zero-order valence-electron chi connectivity index (χ0n) is 14.2. The van der Waals surface area contributed by atoms with Gasteiger partial charge in [0.25, 0.3) is 0 Å². The summed E-state index contributed by atoms with van der Waals surface area (Å²) in [5.74, 6) is -5.89. The van der Waals surface area contributed by atoms with Crippen LogP contribution in [0.5, 0.6) is 0 Å². The number of hydrogen-bond acceptors (Lipinski definition) is 1.